The second-order valence-electron chi connectivity index (χ2n) is 5.37. The number of H-pyrrole nitrogens is 1. The van der Waals surface area contributed by atoms with Crippen molar-refractivity contribution in [2.75, 3.05) is 6.54 Å². The molecule has 0 aliphatic carbocycles. The van der Waals surface area contributed by atoms with E-state index in [2.05, 4.69) is 15.5 Å². The summed E-state index contributed by atoms with van der Waals surface area (Å²) in [5, 5.41) is 18.5. The molecule has 6 heteroatoms. The van der Waals surface area contributed by atoms with Crippen molar-refractivity contribution >= 4 is 11.9 Å². The normalized spacial score (nSPS) is 11.9. The lowest BCUT2D eigenvalue weighted by Gasteiger charge is -2.13. The Labute approximate surface area is 128 Å². The maximum atomic E-state index is 11.9. The lowest BCUT2D eigenvalue weighted by Crippen LogP contribution is -2.34. The topological polar surface area (TPSA) is 95.1 Å². The first kappa shape index (κ1) is 15.8. The molecule has 0 radical (unpaired) electrons. The molecule has 116 valence electrons. The van der Waals surface area contributed by atoms with Crippen molar-refractivity contribution in [3.05, 3.63) is 52.8 Å². The third-order valence-electron chi connectivity index (χ3n) is 3.36. The van der Waals surface area contributed by atoms with Gasteiger partial charge in [0.15, 0.2) is 0 Å². The zero-order valence-corrected chi connectivity index (χ0v) is 12.6. The van der Waals surface area contributed by atoms with Crippen LogP contribution in [0, 0.1) is 19.8 Å². The zero-order chi connectivity index (χ0) is 16.1. The molecule has 1 heterocycles. The van der Waals surface area contributed by atoms with Gasteiger partial charge in [-0.15, -0.1) is 0 Å². The highest BCUT2D eigenvalue weighted by Crippen LogP contribution is 2.11. The molecule has 2 aromatic rings. The largest absolute Gasteiger partial charge is 0.481 e. The Morgan fingerprint density at radius 1 is 1.32 bits per heavy atom. The Balaban J connectivity index is 1.97. The van der Waals surface area contributed by atoms with E-state index in [0.29, 0.717) is 6.42 Å². The summed E-state index contributed by atoms with van der Waals surface area (Å²) in [6, 6.07) is 9.32. The molecule has 0 saturated heterocycles. The number of nitrogens with zero attached hydrogens (tertiary/aromatic N) is 1. The van der Waals surface area contributed by atoms with E-state index in [-0.39, 0.29) is 18.1 Å². The van der Waals surface area contributed by atoms with Crippen LogP contribution >= 0.6 is 0 Å². The van der Waals surface area contributed by atoms with Crippen LogP contribution in [0.15, 0.2) is 30.3 Å². The molecule has 0 aliphatic rings. The summed E-state index contributed by atoms with van der Waals surface area (Å²) in [4.78, 5) is 23.3. The third-order valence-corrected chi connectivity index (χ3v) is 3.36. The molecule has 22 heavy (non-hydrogen) atoms. The Kier molecular flexibility index (Phi) is 4.93. The minimum Gasteiger partial charge on any atom is -0.481 e. The van der Waals surface area contributed by atoms with Gasteiger partial charge in [-0.3, -0.25) is 14.7 Å². The van der Waals surface area contributed by atoms with Crippen LogP contribution in [0.1, 0.15) is 27.3 Å². The van der Waals surface area contributed by atoms with Gasteiger partial charge in [0.25, 0.3) is 5.91 Å². The average molecular weight is 301 g/mol. The molecule has 1 atom stereocenters. The molecule has 3 N–H and O–H groups in total. The van der Waals surface area contributed by atoms with Crippen molar-refractivity contribution in [3.63, 3.8) is 0 Å². The number of carbonyl (C=O) groups excluding carboxylic acids is 1. The number of carbonyl (C=O) groups is 2. The highest BCUT2D eigenvalue weighted by atomic mass is 16.4. The van der Waals surface area contributed by atoms with Crippen molar-refractivity contribution < 1.29 is 14.7 Å². The maximum Gasteiger partial charge on any atom is 0.308 e. The fourth-order valence-corrected chi connectivity index (χ4v) is 2.21. The zero-order valence-electron chi connectivity index (χ0n) is 12.6. The monoisotopic (exact) mass is 301 g/mol. The van der Waals surface area contributed by atoms with Gasteiger partial charge in [-0.2, -0.15) is 5.10 Å². The van der Waals surface area contributed by atoms with E-state index in [9.17, 15) is 14.7 Å². The number of amides is 1. The standard InChI is InChI=1S/C16H19N3O3/c1-10-4-3-5-12(6-10)8-13(16(21)22)9-17-15(20)14-7-11(2)18-19-14/h3-7,13H,8-9H2,1-2H3,(H,17,20)(H,18,19)(H,21,22). The first-order valence-corrected chi connectivity index (χ1v) is 7.04. The molecule has 1 amide bonds. The molecule has 0 aliphatic heterocycles. The van der Waals surface area contributed by atoms with Crippen LogP contribution in [0.4, 0.5) is 0 Å². The predicted octanol–water partition coefficient (Wildman–Crippen LogP) is 1.70. The number of aromatic amines is 1. The van der Waals surface area contributed by atoms with Crippen LogP contribution in [0.2, 0.25) is 0 Å². The number of nitrogens with one attached hydrogen (secondary N) is 2. The van der Waals surface area contributed by atoms with E-state index in [1.807, 2.05) is 31.2 Å². The molecular formula is C16H19N3O3. The lowest BCUT2D eigenvalue weighted by atomic mass is 9.98. The molecule has 1 aromatic heterocycles. The number of rotatable bonds is 6. The van der Waals surface area contributed by atoms with E-state index < -0.39 is 11.9 Å². The van der Waals surface area contributed by atoms with E-state index in [1.165, 1.54) is 0 Å². The van der Waals surface area contributed by atoms with Gasteiger partial charge in [-0.25, -0.2) is 0 Å². The van der Waals surface area contributed by atoms with Crippen LogP contribution in [-0.4, -0.2) is 33.7 Å². The van der Waals surface area contributed by atoms with E-state index in [1.54, 1.807) is 13.0 Å². The summed E-state index contributed by atoms with van der Waals surface area (Å²) in [6.07, 6.45) is 0.372. The maximum absolute atomic E-state index is 11.9. The number of hydrogen-bond donors (Lipinski definition) is 3. The molecule has 0 spiro atoms. The number of carboxylic acid groups (broad SMARTS) is 1. The summed E-state index contributed by atoms with van der Waals surface area (Å²) in [5.74, 6) is -1.98. The van der Waals surface area contributed by atoms with Gasteiger partial charge >= 0.3 is 5.97 Å². The quantitative estimate of drug-likeness (QED) is 0.756. The fourth-order valence-electron chi connectivity index (χ4n) is 2.21. The Bertz CT molecular complexity index is 679. The van der Waals surface area contributed by atoms with Gasteiger partial charge in [-0.05, 0) is 31.9 Å². The summed E-state index contributed by atoms with van der Waals surface area (Å²) >= 11 is 0. The number of hydrogen-bond acceptors (Lipinski definition) is 3. The first-order chi connectivity index (χ1) is 10.5. The van der Waals surface area contributed by atoms with Crippen LogP contribution in [0.5, 0.6) is 0 Å². The smallest absolute Gasteiger partial charge is 0.308 e. The SMILES string of the molecule is Cc1cccc(CC(CNC(=O)c2cc(C)[nH]n2)C(=O)O)c1. The van der Waals surface area contributed by atoms with Gasteiger partial charge in [0, 0.05) is 12.2 Å². The molecule has 0 fully saturated rings. The van der Waals surface area contributed by atoms with Crippen molar-refractivity contribution in [3.8, 4) is 0 Å². The first-order valence-electron chi connectivity index (χ1n) is 7.04. The number of carboxylic acids is 1. The second-order valence-corrected chi connectivity index (χ2v) is 5.37. The molecule has 6 nitrogen and oxygen atoms in total. The highest BCUT2D eigenvalue weighted by Gasteiger charge is 2.20. The van der Waals surface area contributed by atoms with Crippen molar-refractivity contribution in [2.45, 2.75) is 20.3 Å². The number of aryl methyl sites for hydroxylation is 2. The molecule has 0 saturated carbocycles. The lowest BCUT2D eigenvalue weighted by molar-refractivity contribution is -0.141. The third kappa shape index (κ3) is 4.18. The van der Waals surface area contributed by atoms with Gasteiger partial charge in [0.2, 0.25) is 0 Å². The number of benzene rings is 1. The van der Waals surface area contributed by atoms with E-state index >= 15 is 0 Å². The minimum absolute atomic E-state index is 0.0635. The predicted molar refractivity (Wildman–Crippen MR) is 81.7 cm³/mol. The second kappa shape index (κ2) is 6.89. The van der Waals surface area contributed by atoms with Crippen LogP contribution < -0.4 is 5.32 Å². The molecular weight excluding hydrogens is 282 g/mol. The molecule has 1 unspecified atom stereocenters. The summed E-state index contributed by atoms with van der Waals surface area (Å²) in [5.41, 5.74) is 3.06. The number of aromatic nitrogens is 2. The fraction of sp³-hybridized carbons (Fsp3) is 0.312. The van der Waals surface area contributed by atoms with Gasteiger partial charge in [0.05, 0.1) is 5.92 Å². The van der Waals surface area contributed by atoms with E-state index in [0.717, 1.165) is 16.8 Å². The molecule has 1 aromatic carbocycles. The molecule has 0 bridgehead atoms. The van der Waals surface area contributed by atoms with Crippen LogP contribution in [0.25, 0.3) is 0 Å². The van der Waals surface area contributed by atoms with Crippen molar-refractivity contribution in [1.29, 1.82) is 0 Å². The van der Waals surface area contributed by atoms with Gasteiger partial charge in [0.1, 0.15) is 5.69 Å². The minimum atomic E-state index is -0.931. The Morgan fingerprint density at radius 2 is 2.09 bits per heavy atom. The Hall–Kier alpha value is -2.63. The van der Waals surface area contributed by atoms with Crippen molar-refractivity contribution in [2.24, 2.45) is 5.92 Å². The summed E-state index contributed by atoms with van der Waals surface area (Å²) in [7, 11) is 0. The van der Waals surface area contributed by atoms with Gasteiger partial charge < -0.3 is 10.4 Å². The Morgan fingerprint density at radius 3 is 2.68 bits per heavy atom. The van der Waals surface area contributed by atoms with Crippen molar-refractivity contribution in [1.82, 2.24) is 15.5 Å². The van der Waals surface area contributed by atoms with Crippen LogP contribution in [-0.2, 0) is 11.2 Å². The summed E-state index contributed by atoms with van der Waals surface area (Å²) in [6.45, 7) is 3.82. The highest BCUT2D eigenvalue weighted by molar-refractivity contribution is 5.92. The average Bonchev–Trinajstić information content (AvgIpc) is 2.89. The summed E-state index contributed by atoms with van der Waals surface area (Å²) < 4.78 is 0. The van der Waals surface area contributed by atoms with Crippen LogP contribution in [0.3, 0.4) is 0 Å². The van der Waals surface area contributed by atoms with E-state index in [4.69, 9.17) is 0 Å². The van der Waals surface area contributed by atoms with Gasteiger partial charge in [-0.1, -0.05) is 29.8 Å². The number of aliphatic carboxylic acids is 1. The molecule has 2 rings (SSSR count).